The molecule has 5 N–H and O–H groups in total. The number of hydrogen-bond donors (Lipinski definition) is 3. The number of nitrogen functional groups attached to an aromatic ring is 1. The summed E-state index contributed by atoms with van der Waals surface area (Å²) in [6.07, 6.45) is -0.337. The zero-order chi connectivity index (χ0) is 21.9. The highest BCUT2D eigenvalue weighted by Crippen LogP contribution is 2.31. The number of benzene rings is 2. The highest BCUT2D eigenvalue weighted by atomic mass is 35.5. The predicted molar refractivity (Wildman–Crippen MR) is 113 cm³/mol. The number of hydrogen-bond acceptors (Lipinski definition) is 8. The fraction of sp³-hybridized carbons (Fsp3) is 0.105. The summed E-state index contributed by atoms with van der Waals surface area (Å²) in [6, 6.07) is 12.7. The molecule has 0 spiro atoms. The largest absolute Gasteiger partial charge is 0.391 e. The van der Waals surface area contributed by atoms with Gasteiger partial charge in [-0.25, -0.2) is 4.98 Å². The van der Waals surface area contributed by atoms with Gasteiger partial charge in [-0.1, -0.05) is 29.3 Å². The van der Waals surface area contributed by atoms with Crippen LogP contribution in [0.3, 0.4) is 0 Å². The molecule has 0 saturated carbocycles. The predicted octanol–water partition coefficient (Wildman–Crippen LogP) is 2.56. The van der Waals surface area contributed by atoms with Gasteiger partial charge in [0.1, 0.15) is 16.4 Å². The molecule has 3 rings (SSSR count). The summed E-state index contributed by atoms with van der Waals surface area (Å²) in [5.41, 5.74) is 12.6. The smallest absolute Gasteiger partial charge is 0.340 e. The van der Waals surface area contributed by atoms with Gasteiger partial charge in [0.05, 0.1) is 6.42 Å². The van der Waals surface area contributed by atoms with Gasteiger partial charge < -0.3 is 21.0 Å². The van der Waals surface area contributed by atoms with Gasteiger partial charge >= 0.3 is 10.1 Å². The lowest BCUT2D eigenvalue weighted by Crippen LogP contribution is -2.18. The molecule has 0 radical (unpaired) electrons. The number of carbonyl (C=O) groups is 1. The second-order valence-electron chi connectivity index (χ2n) is 6.33. The van der Waals surface area contributed by atoms with Crippen molar-refractivity contribution in [2.45, 2.75) is 18.2 Å². The van der Waals surface area contributed by atoms with E-state index in [1.54, 1.807) is 36.4 Å². The van der Waals surface area contributed by atoms with Crippen molar-refractivity contribution in [3.8, 4) is 5.88 Å². The maximum absolute atomic E-state index is 12.6. The monoisotopic (exact) mass is 447 g/mol. The first-order chi connectivity index (χ1) is 14.1. The third-order valence-corrected chi connectivity index (χ3v) is 5.37. The zero-order valence-electron chi connectivity index (χ0n) is 15.8. The summed E-state index contributed by atoms with van der Waals surface area (Å²) < 4.78 is 30.4. The number of aromatic nitrogens is 2. The van der Waals surface area contributed by atoms with Crippen LogP contribution in [0.1, 0.15) is 11.4 Å². The summed E-state index contributed by atoms with van der Waals surface area (Å²) in [6.45, 7) is 1.82. The number of amides is 1. The highest BCUT2D eigenvalue weighted by Gasteiger charge is 2.22. The lowest BCUT2D eigenvalue weighted by molar-refractivity contribution is -0.117. The van der Waals surface area contributed by atoms with Gasteiger partial charge in [0.25, 0.3) is 5.88 Å². The Hall–Kier alpha value is -3.37. The van der Waals surface area contributed by atoms with E-state index in [0.717, 1.165) is 5.56 Å². The Labute approximate surface area is 178 Å². The first-order valence-electron chi connectivity index (χ1n) is 8.62. The van der Waals surface area contributed by atoms with Crippen molar-refractivity contribution in [2.75, 3.05) is 11.1 Å². The molecule has 11 heteroatoms. The van der Waals surface area contributed by atoms with Gasteiger partial charge in [-0.2, -0.15) is 13.4 Å². The van der Waals surface area contributed by atoms with E-state index in [2.05, 4.69) is 15.3 Å². The molecular weight excluding hydrogens is 430 g/mol. The van der Waals surface area contributed by atoms with E-state index in [4.69, 9.17) is 27.3 Å². The van der Waals surface area contributed by atoms with E-state index in [9.17, 15) is 13.2 Å². The fourth-order valence-electron chi connectivity index (χ4n) is 2.41. The quantitative estimate of drug-likeness (QED) is 0.467. The molecular formula is C19H18ClN5O4S. The molecule has 2 aromatic carbocycles. The lowest BCUT2D eigenvalue weighted by Gasteiger charge is -2.14. The zero-order valence-corrected chi connectivity index (χ0v) is 17.4. The van der Waals surface area contributed by atoms with Gasteiger partial charge in [-0.15, -0.1) is 0 Å². The van der Waals surface area contributed by atoms with Crippen LogP contribution in [0.2, 0.25) is 5.02 Å². The maximum Gasteiger partial charge on any atom is 0.340 e. The number of nitrogens with two attached hydrogens (primary N) is 2. The SMILES string of the molecule is Cc1ccc(S(=O)(=O)Oc2nc(CC(N)=O)nc(Nc3ccc(Cl)cc3)c2N)cc1. The Balaban J connectivity index is 2.00. The van der Waals surface area contributed by atoms with Crippen LogP contribution in [0.25, 0.3) is 0 Å². The number of primary amides is 1. The van der Waals surface area contributed by atoms with Gasteiger partial charge in [0, 0.05) is 10.7 Å². The number of aryl methyl sites for hydroxylation is 1. The molecule has 0 aliphatic heterocycles. The molecule has 0 fully saturated rings. The lowest BCUT2D eigenvalue weighted by atomic mass is 10.2. The van der Waals surface area contributed by atoms with Crippen LogP contribution in [0.15, 0.2) is 53.4 Å². The molecule has 1 heterocycles. The number of halogens is 1. The Kier molecular flexibility index (Phi) is 6.09. The highest BCUT2D eigenvalue weighted by molar-refractivity contribution is 7.87. The molecule has 1 amide bonds. The molecule has 0 saturated heterocycles. The molecule has 3 aromatic rings. The number of rotatable bonds is 7. The molecule has 0 bridgehead atoms. The van der Waals surface area contributed by atoms with E-state index < -0.39 is 21.9 Å². The fourth-order valence-corrected chi connectivity index (χ4v) is 3.44. The standard InChI is InChI=1S/C19H18ClN5O4S/c1-11-2-8-14(9-3-11)30(27,28)29-19-17(22)18(24-16(25-19)10-15(21)26)23-13-6-4-12(20)5-7-13/h2-9H,10,22H2,1H3,(H2,21,26)(H,23,24,25). The van der Waals surface area contributed by atoms with Gasteiger partial charge in [-0.3, -0.25) is 4.79 Å². The maximum atomic E-state index is 12.6. The van der Waals surface area contributed by atoms with Crippen molar-refractivity contribution >= 4 is 44.8 Å². The second kappa shape index (κ2) is 8.56. The topological polar surface area (TPSA) is 150 Å². The molecule has 30 heavy (non-hydrogen) atoms. The van der Waals surface area contributed by atoms with Crippen LogP contribution >= 0.6 is 11.6 Å². The van der Waals surface area contributed by atoms with Crippen LogP contribution in [-0.2, 0) is 21.3 Å². The summed E-state index contributed by atoms with van der Waals surface area (Å²) in [7, 11) is -4.22. The molecule has 0 atom stereocenters. The Morgan fingerprint density at radius 1 is 1.10 bits per heavy atom. The molecule has 0 aliphatic carbocycles. The van der Waals surface area contributed by atoms with Crippen molar-refractivity contribution in [2.24, 2.45) is 5.73 Å². The van der Waals surface area contributed by atoms with Gasteiger partial charge in [0.2, 0.25) is 5.91 Å². The van der Waals surface area contributed by atoms with E-state index in [1.807, 2.05) is 6.92 Å². The summed E-state index contributed by atoms with van der Waals surface area (Å²) in [5.74, 6) is -1.12. The van der Waals surface area contributed by atoms with E-state index >= 15 is 0 Å². The Morgan fingerprint density at radius 2 is 1.73 bits per heavy atom. The normalized spacial score (nSPS) is 11.1. The summed E-state index contributed by atoms with van der Waals surface area (Å²) >= 11 is 5.88. The van der Waals surface area contributed by atoms with Crippen LogP contribution in [0.4, 0.5) is 17.2 Å². The Morgan fingerprint density at radius 3 is 2.33 bits per heavy atom. The van der Waals surface area contributed by atoms with Crippen molar-refractivity contribution < 1.29 is 17.4 Å². The molecule has 1 aromatic heterocycles. The summed E-state index contributed by atoms with van der Waals surface area (Å²) in [5, 5.41) is 3.45. The first kappa shape index (κ1) is 21.3. The molecule has 156 valence electrons. The van der Waals surface area contributed by atoms with E-state index in [0.29, 0.717) is 10.7 Å². The van der Waals surface area contributed by atoms with E-state index in [-0.39, 0.29) is 28.6 Å². The van der Waals surface area contributed by atoms with Crippen molar-refractivity contribution in [1.82, 2.24) is 9.97 Å². The molecule has 9 nitrogen and oxygen atoms in total. The first-order valence-corrected chi connectivity index (χ1v) is 10.4. The minimum atomic E-state index is -4.22. The Bertz CT molecular complexity index is 1180. The average Bonchev–Trinajstić information content (AvgIpc) is 2.67. The van der Waals surface area contributed by atoms with Gasteiger partial charge in [-0.05, 0) is 43.3 Å². The summed E-state index contributed by atoms with van der Waals surface area (Å²) in [4.78, 5) is 19.4. The van der Waals surface area contributed by atoms with Crippen molar-refractivity contribution in [3.63, 3.8) is 0 Å². The van der Waals surface area contributed by atoms with Crippen LogP contribution in [-0.4, -0.2) is 24.3 Å². The van der Waals surface area contributed by atoms with Crippen LogP contribution in [0, 0.1) is 6.92 Å². The number of anilines is 3. The third-order valence-electron chi connectivity index (χ3n) is 3.89. The number of nitrogens with zero attached hydrogens (tertiary/aromatic N) is 2. The van der Waals surface area contributed by atoms with Crippen molar-refractivity contribution in [3.05, 3.63) is 64.9 Å². The number of carbonyl (C=O) groups excluding carboxylic acids is 1. The van der Waals surface area contributed by atoms with Gasteiger partial charge in [0.15, 0.2) is 5.82 Å². The molecule has 0 unspecified atom stereocenters. The van der Waals surface area contributed by atoms with E-state index in [1.165, 1.54) is 12.1 Å². The second-order valence-corrected chi connectivity index (χ2v) is 8.32. The van der Waals surface area contributed by atoms with Crippen molar-refractivity contribution in [1.29, 1.82) is 0 Å². The minimum Gasteiger partial charge on any atom is -0.391 e. The average molecular weight is 448 g/mol. The third kappa shape index (κ3) is 5.16. The minimum absolute atomic E-state index is 0.0534. The van der Waals surface area contributed by atoms with Crippen LogP contribution in [0.5, 0.6) is 5.88 Å². The number of nitrogens with one attached hydrogen (secondary N) is 1. The molecule has 0 aliphatic rings. The van der Waals surface area contributed by atoms with Crippen LogP contribution < -0.4 is 21.0 Å².